The summed E-state index contributed by atoms with van der Waals surface area (Å²) in [5.74, 6) is 0.249. The molecule has 10 nitrogen and oxygen atoms in total. The number of aromatic nitrogens is 3. The highest BCUT2D eigenvalue weighted by Gasteiger charge is 2.62. The van der Waals surface area contributed by atoms with Gasteiger partial charge in [0.15, 0.2) is 11.9 Å². The Labute approximate surface area is 252 Å². The van der Waals surface area contributed by atoms with Gasteiger partial charge in [0, 0.05) is 17.2 Å². The van der Waals surface area contributed by atoms with Crippen molar-refractivity contribution in [3.8, 4) is 28.4 Å². The van der Waals surface area contributed by atoms with Crippen LogP contribution in [0, 0.1) is 28.9 Å². The summed E-state index contributed by atoms with van der Waals surface area (Å²) in [7, 11) is 3.08. The minimum absolute atomic E-state index is 0.0401. The molecule has 4 aliphatic rings. The minimum Gasteiger partial charge on any atom is -0.618 e. The Balaban J connectivity index is 1.39. The Morgan fingerprint density at radius 2 is 1.67 bits per heavy atom. The third-order valence-corrected chi connectivity index (χ3v) is 10.0. The van der Waals surface area contributed by atoms with E-state index >= 15 is 0 Å². The van der Waals surface area contributed by atoms with Crippen molar-refractivity contribution < 1.29 is 28.9 Å². The quantitative estimate of drug-likeness (QED) is 0.225. The van der Waals surface area contributed by atoms with Gasteiger partial charge in [-0.2, -0.15) is 9.83 Å². The molecule has 4 bridgehead atoms. The molecule has 4 saturated carbocycles. The Bertz CT molecular complexity index is 1730. The third-order valence-electron chi connectivity index (χ3n) is 9.80. The fourth-order valence-electron chi connectivity index (χ4n) is 8.14. The van der Waals surface area contributed by atoms with Crippen LogP contribution in [0.25, 0.3) is 27.8 Å². The molecule has 4 fully saturated rings. The van der Waals surface area contributed by atoms with Crippen molar-refractivity contribution in [1.29, 1.82) is 0 Å². The second kappa shape index (κ2) is 10.2. The smallest absolute Gasteiger partial charge is 0.330 e. The lowest BCUT2D eigenvalue weighted by molar-refractivity contribution is -0.576. The number of hydrogen-bond donors (Lipinski definition) is 2. The van der Waals surface area contributed by atoms with Crippen molar-refractivity contribution in [2.24, 2.45) is 23.7 Å². The van der Waals surface area contributed by atoms with E-state index in [1.54, 1.807) is 53.2 Å². The van der Waals surface area contributed by atoms with Crippen molar-refractivity contribution in [3.63, 3.8) is 0 Å². The summed E-state index contributed by atoms with van der Waals surface area (Å²) in [5.41, 5.74) is 0.557. The lowest BCUT2D eigenvalue weighted by Crippen LogP contribution is -2.70. The number of carbonyl (C=O) groups excluding carboxylic acids is 1. The molecular weight excluding hydrogens is 572 g/mol. The average Bonchev–Trinajstić information content (AvgIpc) is 3.43. The summed E-state index contributed by atoms with van der Waals surface area (Å²) < 4.78 is 13.7. The van der Waals surface area contributed by atoms with E-state index in [1.165, 1.54) is 20.4 Å². The highest BCUT2D eigenvalue weighted by Crippen LogP contribution is 2.58. The summed E-state index contributed by atoms with van der Waals surface area (Å²) in [6, 6.07) is 13.5. The number of aliphatic carboxylic acids is 1. The van der Waals surface area contributed by atoms with Gasteiger partial charge in [-0.25, -0.2) is 9.48 Å². The number of fused-ring (bicyclic) bond motifs is 1. The van der Waals surface area contributed by atoms with Gasteiger partial charge in [0.25, 0.3) is 5.91 Å². The van der Waals surface area contributed by atoms with E-state index in [-0.39, 0.29) is 17.5 Å². The molecule has 4 aromatic rings. The van der Waals surface area contributed by atoms with Gasteiger partial charge in [-0.15, -0.1) is 0 Å². The Morgan fingerprint density at radius 3 is 2.28 bits per heavy atom. The monoisotopic (exact) mass is 602 g/mol. The van der Waals surface area contributed by atoms with E-state index in [4.69, 9.17) is 26.2 Å². The molecule has 2 heterocycles. The van der Waals surface area contributed by atoms with Crippen LogP contribution in [0.4, 0.5) is 0 Å². The van der Waals surface area contributed by atoms with Crippen LogP contribution < -0.4 is 19.5 Å². The molecule has 222 valence electrons. The molecule has 0 spiro atoms. The summed E-state index contributed by atoms with van der Waals surface area (Å²) in [4.78, 5) is 27.0. The molecule has 43 heavy (non-hydrogen) atoms. The first kappa shape index (κ1) is 27.5. The third kappa shape index (κ3) is 4.22. The Kier molecular flexibility index (Phi) is 6.50. The maximum atomic E-state index is 14.1. The molecule has 0 unspecified atom stereocenters. The van der Waals surface area contributed by atoms with Gasteiger partial charge in [-0.05, 0) is 86.1 Å². The predicted octanol–water partition coefficient (Wildman–Crippen LogP) is 5.01. The zero-order chi connectivity index (χ0) is 30.0. The van der Waals surface area contributed by atoms with Crippen LogP contribution >= 0.6 is 11.6 Å². The first-order valence-electron chi connectivity index (χ1n) is 14.4. The number of carbonyl (C=O) groups is 2. The number of carboxylic acids is 1. The number of nitrogens with zero attached hydrogens (tertiary/aromatic N) is 3. The van der Waals surface area contributed by atoms with E-state index in [0.717, 1.165) is 32.1 Å². The minimum atomic E-state index is -1.33. The average molecular weight is 603 g/mol. The number of carboxylic acid groups (broad SMARTS) is 1. The second-order valence-electron chi connectivity index (χ2n) is 12.0. The predicted molar refractivity (Wildman–Crippen MR) is 158 cm³/mol. The zero-order valence-corrected chi connectivity index (χ0v) is 24.5. The second-order valence-corrected chi connectivity index (χ2v) is 12.4. The van der Waals surface area contributed by atoms with Gasteiger partial charge in [0.2, 0.25) is 5.52 Å². The lowest BCUT2D eigenvalue weighted by Gasteiger charge is -2.59. The van der Waals surface area contributed by atoms with Gasteiger partial charge in [-0.1, -0.05) is 17.7 Å². The van der Waals surface area contributed by atoms with Crippen molar-refractivity contribution in [2.75, 3.05) is 14.2 Å². The molecule has 8 rings (SSSR count). The highest BCUT2D eigenvalue weighted by molar-refractivity contribution is 6.31. The first-order valence-corrected chi connectivity index (χ1v) is 14.8. The van der Waals surface area contributed by atoms with Crippen LogP contribution in [0.5, 0.6) is 11.5 Å². The van der Waals surface area contributed by atoms with Crippen LogP contribution in [0.15, 0.2) is 54.7 Å². The molecule has 2 aromatic carbocycles. The molecule has 11 heteroatoms. The van der Waals surface area contributed by atoms with Gasteiger partial charge in [-0.3, -0.25) is 4.79 Å². The van der Waals surface area contributed by atoms with Crippen molar-refractivity contribution in [3.05, 3.63) is 70.7 Å². The van der Waals surface area contributed by atoms with Crippen molar-refractivity contribution in [2.45, 2.75) is 37.6 Å². The van der Waals surface area contributed by atoms with Crippen molar-refractivity contribution in [1.82, 2.24) is 15.1 Å². The van der Waals surface area contributed by atoms with Crippen LogP contribution in [0.2, 0.25) is 5.02 Å². The summed E-state index contributed by atoms with van der Waals surface area (Å²) in [6.45, 7) is 0. The number of halogens is 1. The number of nitrogens with one attached hydrogen (secondary N) is 1. The fourth-order valence-corrected chi connectivity index (χ4v) is 8.31. The number of pyridine rings is 1. The van der Waals surface area contributed by atoms with E-state index < -0.39 is 17.4 Å². The lowest BCUT2D eigenvalue weighted by atomic mass is 9.48. The molecule has 2 aromatic heterocycles. The molecule has 0 saturated heterocycles. The summed E-state index contributed by atoms with van der Waals surface area (Å²) in [5, 5.41) is 32.0. The molecule has 0 atom stereocenters. The highest BCUT2D eigenvalue weighted by atomic mass is 35.5. The number of hydrogen-bond acceptors (Lipinski definition) is 6. The van der Waals surface area contributed by atoms with Gasteiger partial charge in [0.1, 0.15) is 17.0 Å². The summed E-state index contributed by atoms with van der Waals surface area (Å²) in [6.07, 6.45) is 5.76. The largest absolute Gasteiger partial charge is 0.618 e. The normalized spacial score (nSPS) is 25.6. The van der Waals surface area contributed by atoms with Crippen LogP contribution in [-0.4, -0.2) is 46.5 Å². The van der Waals surface area contributed by atoms with E-state index in [9.17, 15) is 19.9 Å². The molecule has 2 N–H and O–H groups in total. The molecule has 0 radical (unpaired) electrons. The van der Waals surface area contributed by atoms with E-state index in [0.29, 0.717) is 60.9 Å². The van der Waals surface area contributed by atoms with Crippen LogP contribution in [-0.2, 0) is 4.79 Å². The van der Waals surface area contributed by atoms with Crippen LogP contribution in [0.3, 0.4) is 0 Å². The molecule has 0 aliphatic heterocycles. The SMILES string of the molecule is COc1cccc(OC)c1-c1cc(C(=O)NC2(C(=O)O)C3CC4CC(C3)CC2C4)nn1-c1cc[n+]([O-])c2cc(Cl)ccc12. The molecule has 1 amide bonds. The number of amides is 1. The number of rotatable bonds is 7. The molecular formula is C32H31ClN4O6. The standard InChI is InChI=1S/C32H31ClN4O6/c1-42-27-4-3-5-28(43-2)29(27)26-16-23(35-37(26)24-8-9-36(41)25-15-21(33)6-7-22(24)25)30(38)34-32(31(39)40)19-11-17-10-18(13-19)14-20(32)12-17/h3-9,15-20H,10-14H2,1-2H3,(H,34,38)(H,39,40). The fraction of sp³-hybridized carbons (Fsp3) is 0.375. The maximum Gasteiger partial charge on any atom is 0.330 e. The number of benzene rings is 2. The van der Waals surface area contributed by atoms with Gasteiger partial charge in [0.05, 0.1) is 36.6 Å². The van der Waals surface area contributed by atoms with E-state index in [2.05, 4.69) is 5.32 Å². The topological polar surface area (TPSA) is 130 Å². The van der Waals surface area contributed by atoms with Crippen LogP contribution in [0.1, 0.15) is 42.6 Å². The van der Waals surface area contributed by atoms with Gasteiger partial charge < -0.3 is 25.1 Å². The first-order chi connectivity index (χ1) is 20.7. The number of ether oxygens (including phenoxy) is 2. The Hall–Kier alpha value is -4.31. The maximum absolute atomic E-state index is 14.1. The zero-order valence-electron chi connectivity index (χ0n) is 23.7. The summed E-state index contributed by atoms with van der Waals surface area (Å²) >= 11 is 6.22. The van der Waals surface area contributed by atoms with E-state index in [1.807, 2.05) is 0 Å². The van der Waals surface area contributed by atoms with Crippen molar-refractivity contribution >= 4 is 34.4 Å². The van der Waals surface area contributed by atoms with Gasteiger partial charge >= 0.3 is 5.97 Å². The molecule has 4 aliphatic carbocycles. The Morgan fingerprint density at radius 1 is 1.02 bits per heavy atom. The number of methoxy groups -OCH3 is 2.